The lowest BCUT2D eigenvalue weighted by Gasteiger charge is -2.00. The van der Waals surface area contributed by atoms with Gasteiger partial charge in [0.05, 0.1) is 23.7 Å². The number of hydrogen-bond donors (Lipinski definition) is 1. The van der Waals surface area contributed by atoms with Crippen LogP contribution in [0.25, 0.3) is 0 Å². The molecular formula is C10H16N2O2S. The highest BCUT2D eigenvalue weighted by Gasteiger charge is 2.09. The summed E-state index contributed by atoms with van der Waals surface area (Å²) in [6, 6.07) is 0.103. The van der Waals surface area contributed by atoms with Crippen LogP contribution in [0.4, 0.5) is 0 Å². The predicted molar refractivity (Wildman–Crippen MR) is 59.8 cm³/mol. The average molecular weight is 228 g/mol. The predicted octanol–water partition coefficient (Wildman–Crippen LogP) is 1.14. The Labute approximate surface area is 93.5 Å². The smallest absolute Gasteiger partial charge is 0.311 e. The molecule has 1 heterocycles. The van der Waals surface area contributed by atoms with Crippen LogP contribution >= 0.6 is 11.3 Å². The van der Waals surface area contributed by atoms with Crippen LogP contribution in [0.2, 0.25) is 0 Å². The van der Waals surface area contributed by atoms with Crippen molar-refractivity contribution in [3.63, 3.8) is 0 Å². The van der Waals surface area contributed by atoms with E-state index in [2.05, 4.69) is 4.98 Å². The normalized spacial score (nSPS) is 12.5. The van der Waals surface area contributed by atoms with Crippen molar-refractivity contribution in [2.24, 2.45) is 5.73 Å². The van der Waals surface area contributed by atoms with Gasteiger partial charge >= 0.3 is 5.97 Å². The summed E-state index contributed by atoms with van der Waals surface area (Å²) < 4.78 is 4.84. The standard InChI is InChI=1S/C10H16N2O2S/c1-3-14-10(13)5-8-6-15-9(12-8)4-7(2)11/h6-7H,3-5,11H2,1-2H3. The minimum Gasteiger partial charge on any atom is -0.466 e. The number of ether oxygens (including phenoxy) is 1. The fraction of sp³-hybridized carbons (Fsp3) is 0.600. The molecule has 1 unspecified atom stereocenters. The summed E-state index contributed by atoms with van der Waals surface area (Å²) in [5.41, 5.74) is 6.43. The molecule has 0 bridgehead atoms. The molecule has 0 aliphatic heterocycles. The summed E-state index contributed by atoms with van der Waals surface area (Å²) in [7, 11) is 0. The molecule has 5 heteroatoms. The van der Waals surface area contributed by atoms with Crippen molar-refractivity contribution in [3.05, 3.63) is 16.1 Å². The third kappa shape index (κ3) is 4.40. The van der Waals surface area contributed by atoms with Crippen molar-refractivity contribution < 1.29 is 9.53 Å². The van der Waals surface area contributed by atoms with Crippen LogP contribution in [0.3, 0.4) is 0 Å². The van der Waals surface area contributed by atoms with Gasteiger partial charge in [-0.2, -0.15) is 0 Å². The Morgan fingerprint density at radius 1 is 1.73 bits per heavy atom. The van der Waals surface area contributed by atoms with Crippen molar-refractivity contribution in [3.8, 4) is 0 Å². The van der Waals surface area contributed by atoms with Gasteiger partial charge in [-0.1, -0.05) is 0 Å². The molecule has 1 atom stereocenters. The monoisotopic (exact) mass is 228 g/mol. The van der Waals surface area contributed by atoms with E-state index in [9.17, 15) is 4.79 Å². The third-order valence-corrected chi connectivity index (χ3v) is 2.65. The van der Waals surface area contributed by atoms with Crippen molar-refractivity contribution >= 4 is 17.3 Å². The van der Waals surface area contributed by atoms with E-state index in [1.807, 2.05) is 12.3 Å². The zero-order valence-corrected chi connectivity index (χ0v) is 9.84. The van der Waals surface area contributed by atoms with Gasteiger partial charge in [0.15, 0.2) is 0 Å². The molecule has 1 rings (SSSR count). The molecule has 15 heavy (non-hydrogen) atoms. The second-order valence-electron chi connectivity index (χ2n) is 3.40. The Morgan fingerprint density at radius 3 is 3.07 bits per heavy atom. The molecule has 0 aromatic carbocycles. The Bertz CT molecular complexity index is 323. The summed E-state index contributed by atoms with van der Waals surface area (Å²) in [4.78, 5) is 15.5. The molecule has 1 aromatic rings. The lowest BCUT2D eigenvalue weighted by atomic mass is 10.2. The fourth-order valence-electron chi connectivity index (χ4n) is 1.16. The second kappa shape index (κ2) is 5.82. The summed E-state index contributed by atoms with van der Waals surface area (Å²) in [5.74, 6) is -0.227. The molecule has 0 saturated carbocycles. The lowest BCUT2D eigenvalue weighted by Crippen LogP contribution is -2.17. The van der Waals surface area contributed by atoms with Gasteiger partial charge in [0.1, 0.15) is 0 Å². The fourth-order valence-corrected chi connectivity index (χ4v) is 2.10. The van der Waals surface area contributed by atoms with Crippen LogP contribution in [0.5, 0.6) is 0 Å². The minimum atomic E-state index is -0.227. The highest BCUT2D eigenvalue weighted by Crippen LogP contribution is 2.12. The minimum absolute atomic E-state index is 0.103. The van der Waals surface area contributed by atoms with Gasteiger partial charge in [0.2, 0.25) is 0 Å². The van der Waals surface area contributed by atoms with E-state index in [0.717, 1.165) is 17.1 Å². The summed E-state index contributed by atoms with van der Waals surface area (Å²) in [6.45, 7) is 4.14. The maximum absolute atomic E-state index is 11.2. The van der Waals surface area contributed by atoms with Crippen LogP contribution < -0.4 is 5.73 Å². The summed E-state index contributed by atoms with van der Waals surface area (Å²) in [5, 5.41) is 2.86. The van der Waals surface area contributed by atoms with Crippen LogP contribution in [0.15, 0.2) is 5.38 Å². The van der Waals surface area contributed by atoms with Gasteiger partial charge in [-0.25, -0.2) is 4.98 Å². The molecule has 0 aliphatic rings. The van der Waals surface area contributed by atoms with Crippen LogP contribution in [-0.2, 0) is 22.4 Å². The van der Waals surface area contributed by atoms with Crippen molar-refractivity contribution in [1.29, 1.82) is 0 Å². The SMILES string of the molecule is CCOC(=O)Cc1csc(CC(C)N)n1. The molecule has 2 N–H and O–H groups in total. The number of nitrogens with zero attached hydrogens (tertiary/aromatic N) is 1. The van der Waals surface area contributed by atoms with Gasteiger partial charge in [-0.05, 0) is 13.8 Å². The molecule has 1 aromatic heterocycles. The second-order valence-corrected chi connectivity index (χ2v) is 4.34. The first-order valence-electron chi connectivity index (χ1n) is 4.96. The van der Waals surface area contributed by atoms with Crippen LogP contribution in [-0.4, -0.2) is 23.6 Å². The van der Waals surface area contributed by atoms with Crippen molar-refractivity contribution in [2.75, 3.05) is 6.61 Å². The van der Waals surface area contributed by atoms with E-state index in [1.54, 1.807) is 6.92 Å². The Hall–Kier alpha value is -0.940. The first-order valence-corrected chi connectivity index (χ1v) is 5.84. The number of carbonyl (C=O) groups is 1. The van der Waals surface area contributed by atoms with E-state index in [4.69, 9.17) is 10.5 Å². The third-order valence-electron chi connectivity index (χ3n) is 1.73. The molecular weight excluding hydrogens is 212 g/mol. The van der Waals surface area contributed by atoms with E-state index in [1.165, 1.54) is 11.3 Å². The Kier molecular flexibility index (Phi) is 4.71. The molecule has 0 amide bonds. The lowest BCUT2D eigenvalue weighted by molar-refractivity contribution is -0.142. The van der Waals surface area contributed by atoms with E-state index < -0.39 is 0 Å². The number of nitrogens with two attached hydrogens (primary N) is 1. The molecule has 84 valence electrons. The molecule has 4 nitrogen and oxygen atoms in total. The highest BCUT2D eigenvalue weighted by molar-refractivity contribution is 7.09. The van der Waals surface area contributed by atoms with Crippen LogP contribution in [0, 0.1) is 0 Å². The van der Waals surface area contributed by atoms with E-state index >= 15 is 0 Å². The van der Waals surface area contributed by atoms with E-state index in [0.29, 0.717) is 6.61 Å². The zero-order valence-electron chi connectivity index (χ0n) is 9.03. The average Bonchev–Trinajstić information content (AvgIpc) is 2.51. The van der Waals surface area contributed by atoms with Crippen molar-refractivity contribution in [1.82, 2.24) is 4.98 Å². The molecule has 0 radical (unpaired) electrons. The number of rotatable bonds is 5. The van der Waals surface area contributed by atoms with Gasteiger partial charge in [-0.15, -0.1) is 11.3 Å². The highest BCUT2D eigenvalue weighted by atomic mass is 32.1. The quantitative estimate of drug-likeness (QED) is 0.767. The van der Waals surface area contributed by atoms with Gasteiger partial charge in [0, 0.05) is 17.8 Å². The van der Waals surface area contributed by atoms with Gasteiger partial charge in [0.25, 0.3) is 0 Å². The van der Waals surface area contributed by atoms with E-state index in [-0.39, 0.29) is 18.4 Å². The molecule has 0 spiro atoms. The maximum atomic E-state index is 11.2. The summed E-state index contributed by atoms with van der Waals surface area (Å²) >= 11 is 1.54. The molecule has 0 aliphatic carbocycles. The topological polar surface area (TPSA) is 65.2 Å². The first kappa shape index (κ1) is 12.1. The number of aromatic nitrogens is 1. The number of thiazole rings is 1. The number of carbonyl (C=O) groups excluding carboxylic acids is 1. The van der Waals surface area contributed by atoms with Crippen LogP contribution in [0.1, 0.15) is 24.5 Å². The summed E-state index contributed by atoms with van der Waals surface area (Å²) in [6.07, 6.45) is 1.01. The Balaban J connectivity index is 2.49. The largest absolute Gasteiger partial charge is 0.466 e. The number of esters is 1. The maximum Gasteiger partial charge on any atom is 0.311 e. The molecule has 0 saturated heterocycles. The zero-order chi connectivity index (χ0) is 11.3. The van der Waals surface area contributed by atoms with Gasteiger partial charge < -0.3 is 10.5 Å². The van der Waals surface area contributed by atoms with Gasteiger partial charge in [-0.3, -0.25) is 4.79 Å². The Morgan fingerprint density at radius 2 is 2.47 bits per heavy atom. The molecule has 0 fully saturated rings. The number of hydrogen-bond acceptors (Lipinski definition) is 5. The van der Waals surface area contributed by atoms with Crippen molar-refractivity contribution in [2.45, 2.75) is 32.7 Å². The first-order chi connectivity index (χ1) is 7.11.